The van der Waals surface area contributed by atoms with Gasteiger partial charge in [0.15, 0.2) is 0 Å². The lowest BCUT2D eigenvalue weighted by Crippen LogP contribution is -2.12. The van der Waals surface area contributed by atoms with Gasteiger partial charge in [-0.3, -0.25) is 0 Å². The SMILES string of the molecule is Nc1ccccc1C(=S)Nc1ccc(Cl)c(Cl)c1. The fourth-order valence-corrected chi connectivity index (χ4v) is 2.08. The zero-order chi connectivity index (χ0) is 13.1. The molecule has 0 unspecified atom stereocenters. The maximum Gasteiger partial charge on any atom is 0.113 e. The topological polar surface area (TPSA) is 38.0 Å². The fourth-order valence-electron chi connectivity index (χ4n) is 1.48. The molecule has 0 fully saturated rings. The van der Waals surface area contributed by atoms with Gasteiger partial charge in [-0.1, -0.05) is 47.6 Å². The maximum absolute atomic E-state index is 5.93. The number of para-hydroxylation sites is 1. The minimum absolute atomic E-state index is 0.477. The van der Waals surface area contributed by atoms with Crippen LogP contribution in [0, 0.1) is 0 Å². The van der Waals surface area contributed by atoms with E-state index in [4.69, 9.17) is 41.2 Å². The van der Waals surface area contributed by atoms with Crippen LogP contribution in [-0.4, -0.2) is 4.99 Å². The van der Waals surface area contributed by atoms with Crippen molar-refractivity contribution in [1.82, 2.24) is 0 Å². The summed E-state index contributed by atoms with van der Waals surface area (Å²) in [5, 5.41) is 4.06. The monoisotopic (exact) mass is 296 g/mol. The largest absolute Gasteiger partial charge is 0.398 e. The average Bonchev–Trinajstić information content (AvgIpc) is 2.34. The van der Waals surface area contributed by atoms with E-state index in [1.54, 1.807) is 24.3 Å². The maximum atomic E-state index is 5.93. The second-order valence-electron chi connectivity index (χ2n) is 3.67. The Morgan fingerprint density at radius 1 is 1.06 bits per heavy atom. The van der Waals surface area contributed by atoms with Crippen molar-refractivity contribution in [3.05, 3.63) is 58.1 Å². The molecule has 2 aromatic rings. The number of anilines is 2. The Balaban J connectivity index is 2.22. The van der Waals surface area contributed by atoms with E-state index in [0.717, 1.165) is 11.3 Å². The van der Waals surface area contributed by atoms with E-state index in [1.165, 1.54) is 0 Å². The zero-order valence-corrected chi connectivity index (χ0v) is 11.6. The Bertz CT molecular complexity index is 599. The fraction of sp³-hybridized carbons (Fsp3) is 0. The van der Waals surface area contributed by atoms with Crippen LogP contribution in [0.15, 0.2) is 42.5 Å². The van der Waals surface area contributed by atoms with E-state index < -0.39 is 0 Å². The van der Waals surface area contributed by atoms with Crippen LogP contribution in [0.3, 0.4) is 0 Å². The smallest absolute Gasteiger partial charge is 0.113 e. The molecular weight excluding hydrogens is 287 g/mol. The third kappa shape index (κ3) is 2.93. The molecule has 18 heavy (non-hydrogen) atoms. The Morgan fingerprint density at radius 2 is 1.78 bits per heavy atom. The van der Waals surface area contributed by atoms with Crippen molar-refractivity contribution < 1.29 is 0 Å². The highest BCUT2D eigenvalue weighted by Gasteiger charge is 2.06. The van der Waals surface area contributed by atoms with Gasteiger partial charge in [0.2, 0.25) is 0 Å². The van der Waals surface area contributed by atoms with E-state index >= 15 is 0 Å². The van der Waals surface area contributed by atoms with Crippen LogP contribution in [0.25, 0.3) is 0 Å². The predicted molar refractivity (Wildman–Crippen MR) is 82.6 cm³/mol. The molecule has 2 rings (SSSR count). The van der Waals surface area contributed by atoms with Crippen molar-refractivity contribution >= 4 is 51.8 Å². The minimum atomic E-state index is 0.477. The van der Waals surface area contributed by atoms with Gasteiger partial charge in [0.05, 0.1) is 10.0 Å². The van der Waals surface area contributed by atoms with Crippen LogP contribution >= 0.6 is 35.4 Å². The van der Waals surface area contributed by atoms with E-state index in [0.29, 0.717) is 20.7 Å². The first-order chi connectivity index (χ1) is 8.58. The molecule has 0 aliphatic carbocycles. The predicted octanol–water partition coefficient (Wildman–Crippen LogP) is 4.36. The van der Waals surface area contributed by atoms with Crippen LogP contribution in [0.4, 0.5) is 11.4 Å². The van der Waals surface area contributed by atoms with Gasteiger partial charge < -0.3 is 11.1 Å². The highest BCUT2D eigenvalue weighted by molar-refractivity contribution is 7.81. The summed E-state index contributed by atoms with van der Waals surface area (Å²) < 4.78 is 0. The minimum Gasteiger partial charge on any atom is -0.398 e. The van der Waals surface area contributed by atoms with E-state index in [2.05, 4.69) is 5.32 Å². The Hall–Kier alpha value is -1.29. The molecule has 0 aliphatic heterocycles. The lowest BCUT2D eigenvalue weighted by molar-refractivity contribution is 1.60. The van der Waals surface area contributed by atoms with Gasteiger partial charge in [-0.15, -0.1) is 0 Å². The first-order valence-corrected chi connectivity index (χ1v) is 6.35. The lowest BCUT2D eigenvalue weighted by atomic mass is 10.2. The van der Waals surface area contributed by atoms with Crippen molar-refractivity contribution in [3.63, 3.8) is 0 Å². The number of nitrogens with two attached hydrogens (primary N) is 1. The second-order valence-corrected chi connectivity index (χ2v) is 4.89. The van der Waals surface area contributed by atoms with Crippen molar-refractivity contribution in [2.75, 3.05) is 11.1 Å². The van der Waals surface area contributed by atoms with Crippen LogP contribution in [0.1, 0.15) is 5.56 Å². The number of nitrogens with one attached hydrogen (secondary N) is 1. The molecule has 2 nitrogen and oxygen atoms in total. The number of halogens is 2. The van der Waals surface area contributed by atoms with Crippen molar-refractivity contribution in [2.24, 2.45) is 0 Å². The summed E-state index contributed by atoms with van der Waals surface area (Å²) in [6.45, 7) is 0. The number of thiocarbonyl (C=S) groups is 1. The molecule has 0 radical (unpaired) electrons. The molecule has 0 saturated carbocycles. The lowest BCUT2D eigenvalue weighted by Gasteiger charge is -2.10. The molecule has 92 valence electrons. The third-order valence-electron chi connectivity index (χ3n) is 2.38. The van der Waals surface area contributed by atoms with Gasteiger partial charge in [-0.25, -0.2) is 0 Å². The van der Waals surface area contributed by atoms with Crippen LogP contribution in [-0.2, 0) is 0 Å². The molecule has 3 N–H and O–H groups in total. The first-order valence-electron chi connectivity index (χ1n) is 5.19. The molecule has 0 heterocycles. The Kier molecular flexibility index (Phi) is 4.07. The molecule has 0 aliphatic rings. The van der Waals surface area contributed by atoms with E-state index in [-0.39, 0.29) is 0 Å². The van der Waals surface area contributed by atoms with Crippen LogP contribution < -0.4 is 11.1 Å². The van der Waals surface area contributed by atoms with Gasteiger partial charge in [0.1, 0.15) is 4.99 Å². The van der Waals surface area contributed by atoms with E-state index in [1.807, 2.05) is 18.2 Å². The molecule has 0 saturated heterocycles. The summed E-state index contributed by atoms with van der Waals surface area (Å²) in [7, 11) is 0. The summed E-state index contributed by atoms with van der Waals surface area (Å²) in [5.41, 5.74) is 8.05. The molecule has 2 aromatic carbocycles. The van der Waals surface area contributed by atoms with Crippen molar-refractivity contribution in [3.8, 4) is 0 Å². The van der Waals surface area contributed by atoms with Gasteiger partial charge in [0.25, 0.3) is 0 Å². The Morgan fingerprint density at radius 3 is 2.44 bits per heavy atom. The Labute approximate surface area is 121 Å². The highest BCUT2D eigenvalue weighted by atomic mass is 35.5. The number of hydrogen-bond donors (Lipinski definition) is 2. The molecule has 5 heteroatoms. The molecule has 0 aromatic heterocycles. The molecular formula is C13H10Cl2N2S. The van der Waals surface area contributed by atoms with Gasteiger partial charge in [-0.2, -0.15) is 0 Å². The third-order valence-corrected chi connectivity index (χ3v) is 3.44. The summed E-state index contributed by atoms with van der Waals surface area (Å²) in [6, 6.07) is 12.6. The summed E-state index contributed by atoms with van der Waals surface area (Å²) in [6.07, 6.45) is 0. The number of hydrogen-bond acceptors (Lipinski definition) is 2. The van der Waals surface area contributed by atoms with E-state index in [9.17, 15) is 0 Å². The average molecular weight is 297 g/mol. The van der Waals surface area contributed by atoms with Crippen molar-refractivity contribution in [2.45, 2.75) is 0 Å². The molecule has 0 amide bonds. The number of nitrogen functional groups attached to an aromatic ring is 1. The van der Waals surface area contributed by atoms with Gasteiger partial charge in [-0.05, 0) is 30.3 Å². The highest BCUT2D eigenvalue weighted by Crippen LogP contribution is 2.25. The summed E-state index contributed by atoms with van der Waals surface area (Å²) >= 11 is 17.1. The van der Waals surface area contributed by atoms with Gasteiger partial charge in [0, 0.05) is 16.9 Å². The van der Waals surface area contributed by atoms with Gasteiger partial charge >= 0.3 is 0 Å². The first kappa shape index (κ1) is 13.1. The summed E-state index contributed by atoms with van der Waals surface area (Å²) in [5.74, 6) is 0. The quantitative estimate of drug-likeness (QED) is 0.639. The van der Waals surface area contributed by atoms with Crippen molar-refractivity contribution in [1.29, 1.82) is 0 Å². The normalized spacial score (nSPS) is 10.1. The zero-order valence-electron chi connectivity index (χ0n) is 9.28. The molecule has 0 atom stereocenters. The summed E-state index contributed by atoms with van der Waals surface area (Å²) in [4.78, 5) is 0.548. The standard InChI is InChI=1S/C13H10Cl2N2S/c14-10-6-5-8(7-11(10)15)17-13(18)9-3-1-2-4-12(9)16/h1-7H,16H2,(H,17,18). The number of benzene rings is 2. The number of rotatable bonds is 2. The van der Waals surface area contributed by atoms with Crippen LogP contribution in [0.5, 0.6) is 0 Å². The second kappa shape index (κ2) is 5.57. The molecule has 0 spiro atoms. The van der Waals surface area contributed by atoms with Crippen LogP contribution in [0.2, 0.25) is 10.0 Å². The molecule has 0 bridgehead atoms.